The summed E-state index contributed by atoms with van der Waals surface area (Å²) in [6, 6.07) is 32.1. The Balaban J connectivity index is 1.54. The second-order valence-corrected chi connectivity index (χ2v) is 10.1. The van der Waals surface area contributed by atoms with Gasteiger partial charge in [-0.15, -0.1) is 0 Å². The van der Waals surface area contributed by atoms with E-state index >= 15 is 0 Å². The highest BCUT2D eigenvalue weighted by Gasteiger charge is 2.52. The van der Waals surface area contributed by atoms with Crippen molar-refractivity contribution in [3.05, 3.63) is 91.0 Å². The molecular formula is C30H28BNO2. The molecule has 0 unspecified atom stereocenters. The molecule has 5 aromatic rings. The molecule has 1 saturated heterocycles. The minimum atomic E-state index is -0.418. The fourth-order valence-corrected chi connectivity index (χ4v) is 4.97. The summed E-state index contributed by atoms with van der Waals surface area (Å²) in [5.41, 5.74) is 7.25. The van der Waals surface area contributed by atoms with Gasteiger partial charge >= 0.3 is 7.12 Å². The fraction of sp³-hybridized carbons (Fsp3) is 0.200. The lowest BCUT2D eigenvalue weighted by Crippen LogP contribution is -2.41. The van der Waals surface area contributed by atoms with Crippen LogP contribution in [0.25, 0.3) is 44.1 Å². The third-order valence-corrected chi connectivity index (χ3v) is 7.52. The van der Waals surface area contributed by atoms with Crippen LogP contribution in [-0.4, -0.2) is 23.3 Å². The Labute approximate surface area is 200 Å². The van der Waals surface area contributed by atoms with Gasteiger partial charge < -0.3 is 14.3 Å². The van der Waals surface area contributed by atoms with Crippen LogP contribution in [0.15, 0.2) is 91.0 Å². The number of aromatic nitrogens is 1. The first-order valence-corrected chi connectivity index (χ1v) is 11.9. The van der Waals surface area contributed by atoms with Crippen molar-refractivity contribution in [2.75, 3.05) is 0 Å². The average Bonchev–Trinajstić information content (AvgIpc) is 3.32. The molecule has 3 nitrogen and oxygen atoms in total. The molecule has 6 rings (SSSR count). The Morgan fingerprint density at radius 2 is 1.09 bits per heavy atom. The summed E-state index contributed by atoms with van der Waals surface area (Å²) in [7, 11) is -0.418. The predicted molar refractivity (Wildman–Crippen MR) is 142 cm³/mol. The Bertz CT molecular complexity index is 1520. The van der Waals surface area contributed by atoms with Gasteiger partial charge in [0.15, 0.2) is 0 Å². The number of H-pyrrole nitrogens is 1. The quantitative estimate of drug-likeness (QED) is 0.305. The van der Waals surface area contributed by atoms with E-state index in [1.165, 1.54) is 27.5 Å². The van der Waals surface area contributed by atoms with Crippen LogP contribution in [0.4, 0.5) is 0 Å². The maximum atomic E-state index is 6.44. The number of hydrogen-bond acceptors (Lipinski definition) is 2. The molecule has 1 aliphatic heterocycles. The van der Waals surface area contributed by atoms with Crippen molar-refractivity contribution >= 4 is 34.4 Å². The van der Waals surface area contributed by atoms with Crippen LogP contribution in [0.2, 0.25) is 0 Å². The van der Waals surface area contributed by atoms with E-state index in [1.54, 1.807) is 0 Å². The van der Waals surface area contributed by atoms with E-state index in [-0.39, 0.29) is 11.2 Å². The third kappa shape index (κ3) is 3.21. The molecule has 1 aromatic heterocycles. The molecule has 0 spiro atoms. The number of hydrogen-bond donors (Lipinski definition) is 1. The van der Waals surface area contributed by atoms with Crippen molar-refractivity contribution in [3.8, 4) is 22.3 Å². The number of nitrogens with one attached hydrogen (secondary N) is 1. The zero-order valence-electron chi connectivity index (χ0n) is 20.1. The SMILES string of the molecule is CC1(C)OB(c2ccccc2-c2ccccc2-c2cccc3c2[nH]c2ccccc23)OC1(C)C. The smallest absolute Gasteiger partial charge is 0.399 e. The monoisotopic (exact) mass is 445 g/mol. The first-order valence-electron chi connectivity index (χ1n) is 11.9. The Morgan fingerprint density at radius 1 is 0.559 bits per heavy atom. The summed E-state index contributed by atoms with van der Waals surface area (Å²) in [5, 5.41) is 2.48. The van der Waals surface area contributed by atoms with E-state index in [0.717, 1.165) is 22.1 Å². The van der Waals surface area contributed by atoms with Crippen molar-refractivity contribution in [3.63, 3.8) is 0 Å². The first kappa shape index (κ1) is 21.2. The first-order chi connectivity index (χ1) is 16.4. The molecule has 0 atom stereocenters. The number of para-hydroxylation sites is 2. The molecule has 4 aromatic carbocycles. The zero-order valence-corrected chi connectivity index (χ0v) is 20.1. The topological polar surface area (TPSA) is 34.2 Å². The Kier molecular flexibility index (Phi) is 4.74. The van der Waals surface area contributed by atoms with Gasteiger partial charge in [-0.3, -0.25) is 0 Å². The molecule has 1 aliphatic rings. The van der Waals surface area contributed by atoms with Crippen LogP contribution in [0.1, 0.15) is 27.7 Å². The molecule has 2 heterocycles. The minimum absolute atomic E-state index is 0.389. The Hall–Kier alpha value is -3.34. The fourth-order valence-electron chi connectivity index (χ4n) is 4.97. The van der Waals surface area contributed by atoms with Crippen LogP contribution < -0.4 is 5.46 Å². The van der Waals surface area contributed by atoms with E-state index < -0.39 is 7.12 Å². The molecule has 0 saturated carbocycles. The molecule has 0 bridgehead atoms. The van der Waals surface area contributed by atoms with Gasteiger partial charge in [0.05, 0.1) is 16.7 Å². The van der Waals surface area contributed by atoms with E-state index in [9.17, 15) is 0 Å². The summed E-state index contributed by atoms with van der Waals surface area (Å²) in [4.78, 5) is 3.67. The molecule has 168 valence electrons. The molecule has 4 heteroatoms. The van der Waals surface area contributed by atoms with Crippen molar-refractivity contribution in [2.45, 2.75) is 38.9 Å². The zero-order chi connectivity index (χ0) is 23.5. The molecule has 0 amide bonds. The molecule has 34 heavy (non-hydrogen) atoms. The lowest BCUT2D eigenvalue weighted by molar-refractivity contribution is 0.00578. The number of benzene rings is 4. The summed E-state index contributed by atoms with van der Waals surface area (Å²) in [6.45, 7) is 8.39. The van der Waals surface area contributed by atoms with Gasteiger partial charge in [-0.05, 0) is 55.9 Å². The van der Waals surface area contributed by atoms with Crippen molar-refractivity contribution in [2.24, 2.45) is 0 Å². The minimum Gasteiger partial charge on any atom is -0.399 e. The van der Waals surface area contributed by atoms with Crippen molar-refractivity contribution < 1.29 is 9.31 Å². The second kappa shape index (κ2) is 7.59. The molecule has 0 radical (unpaired) electrons. The van der Waals surface area contributed by atoms with E-state index in [2.05, 4.69) is 124 Å². The van der Waals surface area contributed by atoms with Gasteiger partial charge in [0.1, 0.15) is 0 Å². The van der Waals surface area contributed by atoms with E-state index in [1.807, 2.05) is 0 Å². The summed E-state index contributed by atoms with van der Waals surface area (Å²) < 4.78 is 12.9. The second-order valence-electron chi connectivity index (χ2n) is 10.1. The standard InChI is InChI=1S/C30H28BNO2/c1-29(2)30(3,4)34-31(33-29)26-18-9-7-14-22(26)20-12-5-6-13-21(20)24-16-11-17-25-23-15-8-10-19-27(23)32-28(24)25/h5-19,32H,1-4H3. The molecule has 1 fully saturated rings. The van der Waals surface area contributed by atoms with Crippen LogP contribution in [0, 0.1) is 0 Å². The van der Waals surface area contributed by atoms with E-state index in [4.69, 9.17) is 9.31 Å². The molecule has 1 N–H and O–H groups in total. The molecular weight excluding hydrogens is 417 g/mol. The summed E-state index contributed by atoms with van der Waals surface area (Å²) >= 11 is 0. The largest absolute Gasteiger partial charge is 0.495 e. The third-order valence-electron chi connectivity index (χ3n) is 7.52. The number of fused-ring (bicyclic) bond motifs is 3. The van der Waals surface area contributed by atoms with Gasteiger partial charge in [-0.2, -0.15) is 0 Å². The summed E-state index contributed by atoms with van der Waals surface area (Å²) in [6.07, 6.45) is 0. The highest BCUT2D eigenvalue weighted by atomic mass is 16.7. The predicted octanol–water partition coefficient (Wildman–Crippen LogP) is 6.95. The molecule has 0 aliphatic carbocycles. The van der Waals surface area contributed by atoms with Crippen molar-refractivity contribution in [1.29, 1.82) is 0 Å². The highest BCUT2D eigenvalue weighted by Crippen LogP contribution is 2.40. The number of aromatic amines is 1. The lowest BCUT2D eigenvalue weighted by Gasteiger charge is -2.32. The normalized spacial score (nSPS) is 17.0. The van der Waals surface area contributed by atoms with Crippen LogP contribution in [0.5, 0.6) is 0 Å². The maximum absolute atomic E-state index is 6.44. The van der Waals surface area contributed by atoms with Crippen LogP contribution in [-0.2, 0) is 9.31 Å². The van der Waals surface area contributed by atoms with Crippen molar-refractivity contribution in [1.82, 2.24) is 4.98 Å². The maximum Gasteiger partial charge on any atom is 0.495 e. The van der Waals surface area contributed by atoms with Crippen LogP contribution >= 0.6 is 0 Å². The Morgan fingerprint density at radius 3 is 1.82 bits per heavy atom. The average molecular weight is 445 g/mol. The van der Waals surface area contributed by atoms with Crippen LogP contribution in [0.3, 0.4) is 0 Å². The van der Waals surface area contributed by atoms with Gasteiger partial charge in [0.2, 0.25) is 0 Å². The lowest BCUT2D eigenvalue weighted by atomic mass is 9.73. The number of rotatable bonds is 3. The van der Waals surface area contributed by atoms with E-state index in [0.29, 0.717) is 0 Å². The van der Waals surface area contributed by atoms with Gasteiger partial charge in [0.25, 0.3) is 0 Å². The van der Waals surface area contributed by atoms with Gasteiger partial charge in [0, 0.05) is 21.9 Å². The van der Waals surface area contributed by atoms with Gasteiger partial charge in [-0.1, -0.05) is 84.9 Å². The summed E-state index contributed by atoms with van der Waals surface area (Å²) in [5.74, 6) is 0. The van der Waals surface area contributed by atoms with Gasteiger partial charge in [-0.25, -0.2) is 0 Å². The highest BCUT2D eigenvalue weighted by molar-refractivity contribution is 6.64.